The van der Waals surface area contributed by atoms with Crippen molar-refractivity contribution in [3.05, 3.63) is 53.6 Å². The lowest BCUT2D eigenvalue weighted by Gasteiger charge is -2.09. The van der Waals surface area contributed by atoms with Gasteiger partial charge in [-0.15, -0.1) is 0 Å². The predicted molar refractivity (Wildman–Crippen MR) is 72.9 cm³/mol. The van der Waals surface area contributed by atoms with Crippen LogP contribution in [0.1, 0.15) is 11.1 Å². The SMILES string of the molecule is COc1cccc(OCc2ccc(N)c(C)c2)c1. The molecule has 2 aromatic carbocycles. The van der Waals surface area contributed by atoms with E-state index < -0.39 is 0 Å². The smallest absolute Gasteiger partial charge is 0.123 e. The van der Waals surface area contributed by atoms with Crippen LogP contribution in [0.25, 0.3) is 0 Å². The minimum Gasteiger partial charge on any atom is -0.497 e. The number of hydrogen-bond acceptors (Lipinski definition) is 3. The molecule has 2 N–H and O–H groups in total. The second kappa shape index (κ2) is 5.45. The summed E-state index contributed by atoms with van der Waals surface area (Å²) in [6.07, 6.45) is 0. The first kappa shape index (κ1) is 12.3. The molecule has 0 amide bonds. The highest BCUT2D eigenvalue weighted by atomic mass is 16.5. The monoisotopic (exact) mass is 243 g/mol. The molecule has 3 heteroatoms. The molecule has 94 valence electrons. The second-order valence-corrected chi connectivity index (χ2v) is 4.16. The van der Waals surface area contributed by atoms with Crippen molar-refractivity contribution < 1.29 is 9.47 Å². The number of nitrogens with two attached hydrogens (primary N) is 1. The molecule has 0 saturated heterocycles. The van der Waals surface area contributed by atoms with Crippen molar-refractivity contribution in [3.63, 3.8) is 0 Å². The van der Waals surface area contributed by atoms with E-state index in [1.165, 1.54) is 0 Å². The summed E-state index contributed by atoms with van der Waals surface area (Å²) in [6, 6.07) is 13.5. The van der Waals surface area contributed by atoms with Crippen molar-refractivity contribution in [1.82, 2.24) is 0 Å². The molecule has 0 fully saturated rings. The van der Waals surface area contributed by atoms with E-state index in [2.05, 4.69) is 0 Å². The van der Waals surface area contributed by atoms with Crippen LogP contribution in [0.15, 0.2) is 42.5 Å². The first-order valence-electron chi connectivity index (χ1n) is 5.81. The fourth-order valence-corrected chi connectivity index (χ4v) is 1.69. The Morgan fingerprint density at radius 1 is 1.06 bits per heavy atom. The van der Waals surface area contributed by atoms with Crippen molar-refractivity contribution in [1.29, 1.82) is 0 Å². The standard InChI is InChI=1S/C15H17NO2/c1-11-8-12(6-7-15(11)16)10-18-14-5-3-4-13(9-14)17-2/h3-9H,10,16H2,1-2H3. The third kappa shape index (κ3) is 2.94. The number of ether oxygens (including phenoxy) is 2. The summed E-state index contributed by atoms with van der Waals surface area (Å²) >= 11 is 0. The molecule has 3 nitrogen and oxygen atoms in total. The number of anilines is 1. The zero-order valence-electron chi connectivity index (χ0n) is 10.6. The average Bonchev–Trinajstić information content (AvgIpc) is 2.40. The van der Waals surface area contributed by atoms with Crippen molar-refractivity contribution in [2.75, 3.05) is 12.8 Å². The fraction of sp³-hybridized carbons (Fsp3) is 0.200. The molecule has 0 radical (unpaired) electrons. The highest BCUT2D eigenvalue weighted by Crippen LogP contribution is 2.20. The van der Waals surface area contributed by atoms with E-state index in [-0.39, 0.29) is 0 Å². The fourth-order valence-electron chi connectivity index (χ4n) is 1.69. The summed E-state index contributed by atoms with van der Waals surface area (Å²) in [7, 11) is 1.64. The first-order valence-corrected chi connectivity index (χ1v) is 5.81. The largest absolute Gasteiger partial charge is 0.497 e. The van der Waals surface area contributed by atoms with Crippen molar-refractivity contribution in [3.8, 4) is 11.5 Å². The summed E-state index contributed by atoms with van der Waals surface area (Å²) < 4.78 is 10.9. The van der Waals surface area contributed by atoms with Gasteiger partial charge in [-0.25, -0.2) is 0 Å². The molecule has 0 unspecified atom stereocenters. The van der Waals surface area contributed by atoms with Gasteiger partial charge in [-0.05, 0) is 36.2 Å². The van der Waals surface area contributed by atoms with E-state index in [0.29, 0.717) is 6.61 Å². The molecule has 0 heterocycles. The topological polar surface area (TPSA) is 44.5 Å². The van der Waals surface area contributed by atoms with Crippen LogP contribution < -0.4 is 15.2 Å². The van der Waals surface area contributed by atoms with Crippen molar-refractivity contribution in [2.45, 2.75) is 13.5 Å². The molecule has 0 aliphatic heterocycles. The number of nitrogen functional groups attached to an aromatic ring is 1. The molecule has 0 atom stereocenters. The van der Waals surface area contributed by atoms with Gasteiger partial charge in [0.2, 0.25) is 0 Å². The lowest BCUT2D eigenvalue weighted by atomic mass is 10.1. The number of methoxy groups -OCH3 is 1. The van der Waals surface area contributed by atoms with E-state index in [1.807, 2.05) is 49.4 Å². The predicted octanol–water partition coefficient (Wildman–Crippen LogP) is 3.16. The number of aryl methyl sites for hydroxylation is 1. The summed E-state index contributed by atoms with van der Waals surface area (Å²) in [5, 5.41) is 0. The van der Waals surface area contributed by atoms with Crippen molar-refractivity contribution >= 4 is 5.69 Å². The average molecular weight is 243 g/mol. The van der Waals surface area contributed by atoms with Crippen LogP contribution in [0, 0.1) is 6.92 Å². The van der Waals surface area contributed by atoms with Crippen LogP contribution in [0.2, 0.25) is 0 Å². The Morgan fingerprint density at radius 2 is 1.83 bits per heavy atom. The van der Waals surface area contributed by atoms with Crippen LogP contribution in [0.3, 0.4) is 0 Å². The Morgan fingerprint density at radius 3 is 2.56 bits per heavy atom. The summed E-state index contributed by atoms with van der Waals surface area (Å²) in [4.78, 5) is 0. The van der Waals surface area contributed by atoms with E-state index in [1.54, 1.807) is 7.11 Å². The van der Waals surface area contributed by atoms with Gasteiger partial charge >= 0.3 is 0 Å². The maximum atomic E-state index is 5.78. The maximum absolute atomic E-state index is 5.78. The molecule has 0 bridgehead atoms. The van der Waals surface area contributed by atoms with Gasteiger partial charge in [-0.1, -0.05) is 18.2 Å². The van der Waals surface area contributed by atoms with Crippen molar-refractivity contribution in [2.24, 2.45) is 0 Å². The van der Waals surface area contributed by atoms with Gasteiger partial charge in [-0.3, -0.25) is 0 Å². The lowest BCUT2D eigenvalue weighted by Crippen LogP contribution is -1.98. The molecule has 0 aliphatic rings. The van der Waals surface area contributed by atoms with E-state index in [9.17, 15) is 0 Å². The van der Waals surface area contributed by atoms with Gasteiger partial charge in [-0.2, -0.15) is 0 Å². The van der Waals surface area contributed by atoms with Gasteiger partial charge in [0.25, 0.3) is 0 Å². The van der Waals surface area contributed by atoms with Crippen LogP contribution in [-0.2, 0) is 6.61 Å². The molecule has 0 aliphatic carbocycles. The molecular weight excluding hydrogens is 226 g/mol. The molecule has 0 aromatic heterocycles. The highest BCUT2D eigenvalue weighted by Gasteiger charge is 2.00. The number of hydrogen-bond donors (Lipinski definition) is 1. The van der Waals surface area contributed by atoms with Gasteiger partial charge < -0.3 is 15.2 Å². The maximum Gasteiger partial charge on any atom is 0.123 e. The zero-order valence-corrected chi connectivity index (χ0v) is 10.6. The van der Waals surface area contributed by atoms with Crippen LogP contribution in [0.5, 0.6) is 11.5 Å². The van der Waals surface area contributed by atoms with Gasteiger partial charge in [0.05, 0.1) is 7.11 Å². The normalized spacial score (nSPS) is 10.1. The molecule has 0 saturated carbocycles. The second-order valence-electron chi connectivity index (χ2n) is 4.16. The lowest BCUT2D eigenvalue weighted by molar-refractivity contribution is 0.303. The summed E-state index contributed by atoms with van der Waals surface area (Å²) in [6.45, 7) is 2.51. The highest BCUT2D eigenvalue weighted by molar-refractivity contribution is 5.47. The van der Waals surface area contributed by atoms with Crippen LogP contribution in [0.4, 0.5) is 5.69 Å². The van der Waals surface area contributed by atoms with Crippen LogP contribution in [-0.4, -0.2) is 7.11 Å². The van der Waals surface area contributed by atoms with Gasteiger partial charge in [0, 0.05) is 11.8 Å². The minimum atomic E-state index is 0.522. The zero-order chi connectivity index (χ0) is 13.0. The van der Waals surface area contributed by atoms with E-state index in [4.69, 9.17) is 15.2 Å². The third-order valence-corrected chi connectivity index (χ3v) is 2.78. The molecular formula is C15H17NO2. The molecule has 18 heavy (non-hydrogen) atoms. The Labute approximate surface area is 107 Å². The molecule has 0 spiro atoms. The van der Waals surface area contributed by atoms with E-state index in [0.717, 1.165) is 28.3 Å². The Bertz CT molecular complexity index is 538. The Hall–Kier alpha value is -2.16. The first-order chi connectivity index (χ1) is 8.69. The summed E-state index contributed by atoms with van der Waals surface area (Å²) in [5.41, 5.74) is 8.75. The quantitative estimate of drug-likeness (QED) is 0.839. The number of rotatable bonds is 4. The Kier molecular flexibility index (Phi) is 3.72. The molecule has 2 rings (SSSR count). The Balaban J connectivity index is 2.04. The third-order valence-electron chi connectivity index (χ3n) is 2.78. The van der Waals surface area contributed by atoms with Crippen LogP contribution >= 0.6 is 0 Å². The van der Waals surface area contributed by atoms with Gasteiger partial charge in [0.1, 0.15) is 18.1 Å². The van der Waals surface area contributed by atoms with E-state index >= 15 is 0 Å². The summed E-state index contributed by atoms with van der Waals surface area (Å²) in [5.74, 6) is 1.59. The minimum absolute atomic E-state index is 0.522. The molecule has 2 aromatic rings. The van der Waals surface area contributed by atoms with Gasteiger partial charge in [0.15, 0.2) is 0 Å². The number of benzene rings is 2.